The molecule has 92 valence electrons. The molecular formula is C10H24N2O2S. The molecule has 2 N–H and O–H groups in total. The summed E-state index contributed by atoms with van der Waals surface area (Å²) in [5.41, 5.74) is 5.45. The van der Waals surface area contributed by atoms with Crippen molar-refractivity contribution in [1.82, 2.24) is 4.90 Å². The van der Waals surface area contributed by atoms with Crippen LogP contribution in [0.15, 0.2) is 0 Å². The smallest absolute Gasteiger partial charge is 0.151 e. The van der Waals surface area contributed by atoms with Crippen molar-refractivity contribution in [3.05, 3.63) is 0 Å². The van der Waals surface area contributed by atoms with Crippen LogP contribution in [-0.2, 0) is 9.84 Å². The zero-order valence-corrected chi connectivity index (χ0v) is 10.9. The molecule has 0 aliphatic carbocycles. The third kappa shape index (κ3) is 6.87. The van der Waals surface area contributed by atoms with Crippen LogP contribution in [0.3, 0.4) is 0 Å². The fraction of sp³-hybridized carbons (Fsp3) is 1.00. The molecule has 0 amide bonds. The normalized spacial score (nSPS) is 14.5. The number of nitrogens with two attached hydrogens (primary N) is 1. The van der Waals surface area contributed by atoms with Gasteiger partial charge in [0.2, 0.25) is 0 Å². The molecule has 0 aromatic rings. The molecule has 0 bridgehead atoms. The summed E-state index contributed by atoms with van der Waals surface area (Å²) in [5, 5.41) is 0. The van der Waals surface area contributed by atoms with Crippen molar-refractivity contribution in [3.63, 3.8) is 0 Å². The molecule has 0 aliphatic heterocycles. The van der Waals surface area contributed by atoms with Gasteiger partial charge in [-0.25, -0.2) is 8.42 Å². The van der Waals surface area contributed by atoms with Crippen LogP contribution in [0.4, 0.5) is 0 Å². The Balaban J connectivity index is 3.94. The fourth-order valence-corrected chi connectivity index (χ4v) is 2.77. The highest BCUT2D eigenvalue weighted by Gasteiger charge is 2.13. The van der Waals surface area contributed by atoms with Crippen molar-refractivity contribution in [2.24, 2.45) is 5.73 Å². The SMILES string of the molecule is CCCS(=O)(=O)CCN(C)C(C)CCN. The summed E-state index contributed by atoms with van der Waals surface area (Å²) in [5.74, 6) is 0.554. The molecule has 0 radical (unpaired) electrons. The van der Waals surface area contributed by atoms with E-state index in [9.17, 15) is 8.42 Å². The minimum atomic E-state index is -2.85. The number of rotatable bonds is 8. The zero-order valence-electron chi connectivity index (χ0n) is 10.1. The molecule has 0 heterocycles. The standard InChI is InChI=1S/C10H24N2O2S/c1-4-8-15(13,14)9-7-12(3)10(2)5-6-11/h10H,4-9,11H2,1-3H3. The van der Waals surface area contributed by atoms with Crippen LogP contribution in [0, 0.1) is 0 Å². The molecule has 1 unspecified atom stereocenters. The van der Waals surface area contributed by atoms with Crippen molar-refractivity contribution in [2.45, 2.75) is 32.7 Å². The minimum absolute atomic E-state index is 0.256. The second kappa shape index (κ2) is 7.19. The van der Waals surface area contributed by atoms with E-state index in [-0.39, 0.29) is 5.75 Å². The van der Waals surface area contributed by atoms with Gasteiger partial charge in [0, 0.05) is 18.3 Å². The molecule has 15 heavy (non-hydrogen) atoms. The van der Waals surface area contributed by atoms with Gasteiger partial charge in [0.05, 0.1) is 5.75 Å². The topological polar surface area (TPSA) is 63.4 Å². The fourth-order valence-electron chi connectivity index (χ4n) is 1.38. The van der Waals surface area contributed by atoms with Gasteiger partial charge < -0.3 is 10.6 Å². The average Bonchev–Trinajstić information content (AvgIpc) is 2.14. The van der Waals surface area contributed by atoms with Crippen molar-refractivity contribution >= 4 is 9.84 Å². The number of nitrogens with zero attached hydrogens (tertiary/aromatic N) is 1. The second-order valence-electron chi connectivity index (χ2n) is 4.06. The van der Waals surface area contributed by atoms with Crippen molar-refractivity contribution in [3.8, 4) is 0 Å². The van der Waals surface area contributed by atoms with E-state index < -0.39 is 9.84 Å². The number of hydrogen-bond acceptors (Lipinski definition) is 4. The van der Waals surface area contributed by atoms with Crippen LogP contribution < -0.4 is 5.73 Å². The molecule has 5 heteroatoms. The molecule has 0 saturated carbocycles. The maximum atomic E-state index is 11.5. The summed E-state index contributed by atoms with van der Waals surface area (Å²) in [6, 6.07) is 0.354. The van der Waals surface area contributed by atoms with Gasteiger partial charge in [-0.1, -0.05) is 6.92 Å². The van der Waals surface area contributed by atoms with Crippen LogP contribution >= 0.6 is 0 Å². The Morgan fingerprint density at radius 1 is 1.33 bits per heavy atom. The lowest BCUT2D eigenvalue weighted by molar-refractivity contribution is 0.262. The van der Waals surface area contributed by atoms with Gasteiger partial charge in [-0.2, -0.15) is 0 Å². The molecule has 0 rings (SSSR count). The highest BCUT2D eigenvalue weighted by molar-refractivity contribution is 7.91. The molecule has 0 aliphatic rings. The van der Waals surface area contributed by atoms with Gasteiger partial charge in [-0.15, -0.1) is 0 Å². The van der Waals surface area contributed by atoms with E-state index in [1.54, 1.807) is 0 Å². The van der Waals surface area contributed by atoms with Crippen LogP contribution in [0.25, 0.3) is 0 Å². The van der Waals surface area contributed by atoms with Crippen LogP contribution in [-0.4, -0.2) is 51.0 Å². The molecule has 0 spiro atoms. The van der Waals surface area contributed by atoms with E-state index in [0.717, 1.165) is 6.42 Å². The van der Waals surface area contributed by atoms with Crippen molar-refractivity contribution < 1.29 is 8.42 Å². The Morgan fingerprint density at radius 2 is 1.93 bits per heavy atom. The third-order valence-corrected chi connectivity index (χ3v) is 4.44. The predicted octanol–water partition coefficient (Wildman–Crippen LogP) is 0.480. The van der Waals surface area contributed by atoms with Crippen LogP contribution in [0.2, 0.25) is 0 Å². The van der Waals surface area contributed by atoms with E-state index in [2.05, 4.69) is 11.8 Å². The highest BCUT2D eigenvalue weighted by atomic mass is 32.2. The Kier molecular flexibility index (Phi) is 7.13. The first-order valence-corrected chi connectivity index (χ1v) is 7.35. The van der Waals surface area contributed by atoms with Crippen molar-refractivity contribution in [2.75, 3.05) is 31.6 Å². The average molecular weight is 236 g/mol. The quantitative estimate of drug-likeness (QED) is 0.666. The first-order chi connectivity index (χ1) is 6.93. The van der Waals surface area contributed by atoms with Gasteiger partial charge >= 0.3 is 0 Å². The summed E-state index contributed by atoms with van der Waals surface area (Å²) in [7, 11) is -0.902. The lowest BCUT2D eigenvalue weighted by Gasteiger charge is -2.23. The molecular weight excluding hydrogens is 212 g/mol. The lowest BCUT2D eigenvalue weighted by Crippen LogP contribution is -2.35. The van der Waals surface area contributed by atoms with Crippen molar-refractivity contribution in [1.29, 1.82) is 0 Å². The Labute approximate surface area is 93.7 Å². The first kappa shape index (κ1) is 14.9. The first-order valence-electron chi connectivity index (χ1n) is 5.53. The van der Waals surface area contributed by atoms with E-state index in [4.69, 9.17) is 5.73 Å². The van der Waals surface area contributed by atoms with Crippen LogP contribution in [0.5, 0.6) is 0 Å². The molecule has 0 saturated heterocycles. The summed E-state index contributed by atoms with van der Waals surface area (Å²) in [6.45, 7) is 5.20. The minimum Gasteiger partial charge on any atom is -0.330 e. The Bertz CT molecular complexity index is 252. The van der Waals surface area contributed by atoms with Gasteiger partial charge in [-0.05, 0) is 33.4 Å². The molecule has 0 fully saturated rings. The molecule has 1 atom stereocenters. The number of hydrogen-bond donors (Lipinski definition) is 1. The summed E-state index contributed by atoms with van der Waals surface area (Å²) >= 11 is 0. The molecule has 0 aromatic carbocycles. The van der Waals surface area contributed by atoms with E-state index in [1.807, 2.05) is 14.0 Å². The van der Waals surface area contributed by atoms with E-state index >= 15 is 0 Å². The van der Waals surface area contributed by atoms with E-state index in [0.29, 0.717) is 31.3 Å². The van der Waals surface area contributed by atoms with Crippen LogP contribution in [0.1, 0.15) is 26.7 Å². The Morgan fingerprint density at radius 3 is 2.40 bits per heavy atom. The Hall–Kier alpha value is -0.130. The second-order valence-corrected chi connectivity index (χ2v) is 6.36. The highest BCUT2D eigenvalue weighted by Crippen LogP contribution is 2.01. The zero-order chi connectivity index (χ0) is 11.9. The maximum Gasteiger partial charge on any atom is 0.151 e. The molecule has 4 nitrogen and oxygen atoms in total. The monoisotopic (exact) mass is 236 g/mol. The predicted molar refractivity (Wildman–Crippen MR) is 64.7 cm³/mol. The van der Waals surface area contributed by atoms with Gasteiger partial charge in [0.15, 0.2) is 9.84 Å². The third-order valence-electron chi connectivity index (χ3n) is 2.61. The molecule has 0 aromatic heterocycles. The van der Waals surface area contributed by atoms with E-state index in [1.165, 1.54) is 0 Å². The maximum absolute atomic E-state index is 11.5. The summed E-state index contributed by atoms with van der Waals surface area (Å²) in [4.78, 5) is 2.06. The largest absolute Gasteiger partial charge is 0.330 e. The van der Waals surface area contributed by atoms with Gasteiger partial charge in [0.1, 0.15) is 0 Å². The summed E-state index contributed by atoms with van der Waals surface area (Å²) < 4.78 is 22.9. The van der Waals surface area contributed by atoms with Gasteiger partial charge in [0.25, 0.3) is 0 Å². The summed E-state index contributed by atoms with van der Waals surface area (Å²) in [6.07, 6.45) is 1.61. The number of sulfone groups is 1. The van der Waals surface area contributed by atoms with Gasteiger partial charge in [-0.3, -0.25) is 0 Å². The lowest BCUT2D eigenvalue weighted by atomic mass is 10.2.